The molecular formula is C12H11FN2O3. The number of aromatic nitrogens is 1. The van der Waals surface area contributed by atoms with Crippen LogP contribution in [-0.4, -0.2) is 16.2 Å². The summed E-state index contributed by atoms with van der Waals surface area (Å²) in [6.45, 7) is 1.72. The third kappa shape index (κ3) is 2.85. The molecule has 0 saturated carbocycles. The number of nitrogens with zero attached hydrogens (tertiary/aromatic N) is 1. The average Bonchev–Trinajstić information content (AvgIpc) is 2.69. The van der Waals surface area contributed by atoms with Gasteiger partial charge in [-0.1, -0.05) is 5.16 Å². The van der Waals surface area contributed by atoms with Gasteiger partial charge in [-0.2, -0.15) is 0 Å². The van der Waals surface area contributed by atoms with E-state index in [1.807, 2.05) is 0 Å². The monoisotopic (exact) mass is 250 g/mol. The zero-order valence-corrected chi connectivity index (χ0v) is 9.61. The molecule has 0 aliphatic rings. The van der Waals surface area contributed by atoms with Gasteiger partial charge in [0.15, 0.2) is 0 Å². The van der Waals surface area contributed by atoms with Crippen molar-refractivity contribution in [2.45, 2.75) is 13.3 Å². The molecule has 0 aliphatic heterocycles. The lowest BCUT2D eigenvalue weighted by Crippen LogP contribution is -2.14. The fourth-order valence-corrected chi connectivity index (χ4v) is 1.47. The van der Waals surface area contributed by atoms with E-state index in [2.05, 4.69) is 10.5 Å². The highest BCUT2D eigenvalue weighted by molar-refractivity contribution is 5.93. The lowest BCUT2D eigenvalue weighted by molar-refractivity contribution is -0.115. The summed E-state index contributed by atoms with van der Waals surface area (Å²) in [5, 5.41) is 15.5. The number of aromatic hydroxyl groups is 1. The number of carbonyl (C=O) groups excluding carboxylic acids is 1. The van der Waals surface area contributed by atoms with Crippen molar-refractivity contribution >= 4 is 11.6 Å². The van der Waals surface area contributed by atoms with Crippen LogP contribution in [0, 0.1) is 12.7 Å². The molecule has 0 saturated heterocycles. The van der Waals surface area contributed by atoms with E-state index < -0.39 is 11.7 Å². The molecule has 0 fully saturated rings. The molecule has 0 atom stereocenters. The Morgan fingerprint density at radius 2 is 2.28 bits per heavy atom. The van der Waals surface area contributed by atoms with E-state index in [0.29, 0.717) is 11.5 Å². The molecule has 2 aromatic rings. The first-order valence-corrected chi connectivity index (χ1v) is 5.25. The highest BCUT2D eigenvalue weighted by atomic mass is 19.1. The largest absolute Gasteiger partial charge is 0.506 e. The van der Waals surface area contributed by atoms with Gasteiger partial charge in [0.2, 0.25) is 5.91 Å². The summed E-state index contributed by atoms with van der Waals surface area (Å²) in [5.41, 5.74) is 0.501. The SMILES string of the molecule is Cc1cc(CC(=O)Nc2cc(F)ccc2O)no1. The van der Waals surface area contributed by atoms with Crippen LogP contribution in [0.15, 0.2) is 28.8 Å². The predicted molar refractivity (Wildman–Crippen MR) is 61.6 cm³/mol. The van der Waals surface area contributed by atoms with Crippen molar-refractivity contribution < 1.29 is 18.8 Å². The normalized spacial score (nSPS) is 10.3. The van der Waals surface area contributed by atoms with Gasteiger partial charge in [0.1, 0.15) is 17.3 Å². The van der Waals surface area contributed by atoms with Gasteiger partial charge in [-0.25, -0.2) is 4.39 Å². The second-order valence-electron chi connectivity index (χ2n) is 3.82. The van der Waals surface area contributed by atoms with Gasteiger partial charge >= 0.3 is 0 Å². The maximum absolute atomic E-state index is 12.9. The number of phenols is 1. The van der Waals surface area contributed by atoms with Crippen LogP contribution >= 0.6 is 0 Å². The van der Waals surface area contributed by atoms with Crippen LogP contribution in [0.4, 0.5) is 10.1 Å². The number of anilines is 1. The molecule has 1 aromatic carbocycles. The zero-order valence-electron chi connectivity index (χ0n) is 9.61. The van der Waals surface area contributed by atoms with E-state index in [1.54, 1.807) is 13.0 Å². The number of amides is 1. The van der Waals surface area contributed by atoms with Crippen molar-refractivity contribution in [2.75, 3.05) is 5.32 Å². The van der Waals surface area contributed by atoms with Crippen LogP contribution < -0.4 is 5.32 Å². The molecular weight excluding hydrogens is 239 g/mol. The Morgan fingerprint density at radius 3 is 2.94 bits per heavy atom. The van der Waals surface area contributed by atoms with Crippen molar-refractivity contribution in [2.24, 2.45) is 0 Å². The van der Waals surface area contributed by atoms with Gasteiger partial charge in [0.25, 0.3) is 0 Å². The van der Waals surface area contributed by atoms with Gasteiger partial charge in [-0.15, -0.1) is 0 Å². The topological polar surface area (TPSA) is 75.4 Å². The van der Waals surface area contributed by atoms with E-state index >= 15 is 0 Å². The Kier molecular flexibility index (Phi) is 3.27. The molecule has 1 heterocycles. The maximum Gasteiger partial charge on any atom is 0.230 e. The van der Waals surface area contributed by atoms with E-state index in [-0.39, 0.29) is 17.9 Å². The molecule has 5 nitrogen and oxygen atoms in total. The summed E-state index contributed by atoms with van der Waals surface area (Å²) in [5.74, 6) is -0.544. The van der Waals surface area contributed by atoms with Crippen LogP contribution in [0.5, 0.6) is 5.75 Å². The molecule has 0 aliphatic carbocycles. The Balaban J connectivity index is 2.05. The fraction of sp³-hybridized carbons (Fsp3) is 0.167. The quantitative estimate of drug-likeness (QED) is 0.817. The number of halogens is 1. The standard InChI is InChI=1S/C12H11FN2O3/c1-7-4-9(15-18-7)6-12(17)14-10-5-8(13)2-3-11(10)16/h2-5,16H,6H2,1H3,(H,14,17). The smallest absolute Gasteiger partial charge is 0.230 e. The molecule has 6 heteroatoms. The predicted octanol–water partition coefficient (Wildman–Crippen LogP) is 2.01. The summed E-state index contributed by atoms with van der Waals surface area (Å²) in [6, 6.07) is 4.95. The summed E-state index contributed by atoms with van der Waals surface area (Å²) >= 11 is 0. The van der Waals surface area contributed by atoms with Crippen LogP contribution in [0.1, 0.15) is 11.5 Å². The molecule has 94 valence electrons. The molecule has 1 amide bonds. The zero-order chi connectivity index (χ0) is 13.1. The number of phenolic OH excluding ortho intramolecular Hbond substituents is 1. The third-order valence-electron chi connectivity index (χ3n) is 2.25. The van der Waals surface area contributed by atoms with Gasteiger partial charge in [-0.3, -0.25) is 4.79 Å². The molecule has 0 unspecified atom stereocenters. The van der Waals surface area contributed by atoms with Crippen molar-refractivity contribution in [3.05, 3.63) is 41.5 Å². The Morgan fingerprint density at radius 1 is 1.50 bits per heavy atom. The molecule has 0 radical (unpaired) electrons. The first-order valence-electron chi connectivity index (χ1n) is 5.25. The number of carbonyl (C=O) groups is 1. The van der Waals surface area contributed by atoms with Crippen molar-refractivity contribution in [1.29, 1.82) is 0 Å². The second kappa shape index (κ2) is 4.87. The van der Waals surface area contributed by atoms with Crippen molar-refractivity contribution in [3.63, 3.8) is 0 Å². The third-order valence-corrected chi connectivity index (χ3v) is 2.25. The molecule has 0 bridgehead atoms. The molecule has 18 heavy (non-hydrogen) atoms. The summed E-state index contributed by atoms with van der Waals surface area (Å²) in [7, 11) is 0. The molecule has 2 N–H and O–H groups in total. The summed E-state index contributed by atoms with van der Waals surface area (Å²) < 4.78 is 17.8. The van der Waals surface area contributed by atoms with Crippen molar-refractivity contribution in [1.82, 2.24) is 5.16 Å². The Labute approximate surface area is 102 Å². The van der Waals surface area contributed by atoms with Gasteiger partial charge in [0, 0.05) is 12.1 Å². The highest BCUT2D eigenvalue weighted by Gasteiger charge is 2.10. The molecule has 2 rings (SSSR count). The molecule has 1 aromatic heterocycles. The highest BCUT2D eigenvalue weighted by Crippen LogP contribution is 2.23. The fourth-order valence-electron chi connectivity index (χ4n) is 1.47. The van der Waals surface area contributed by atoms with E-state index in [4.69, 9.17) is 4.52 Å². The van der Waals surface area contributed by atoms with Crippen LogP contribution in [0.2, 0.25) is 0 Å². The average molecular weight is 250 g/mol. The molecule has 0 spiro atoms. The van der Waals surface area contributed by atoms with E-state index in [9.17, 15) is 14.3 Å². The van der Waals surface area contributed by atoms with Gasteiger partial charge in [0.05, 0.1) is 17.8 Å². The Bertz CT molecular complexity index is 580. The number of aryl methyl sites for hydroxylation is 1. The number of hydrogen-bond acceptors (Lipinski definition) is 4. The number of hydrogen-bond donors (Lipinski definition) is 2. The summed E-state index contributed by atoms with van der Waals surface area (Å²) in [6.07, 6.45) is -0.00665. The number of rotatable bonds is 3. The lowest BCUT2D eigenvalue weighted by Gasteiger charge is -2.06. The van der Waals surface area contributed by atoms with Crippen molar-refractivity contribution in [3.8, 4) is 5.75 Å². The summed E-state index contributed by atoms with van der Waals surface area (Å²) in [4.78, 5) is 11.6. The Hall–Kier alpha value is -2.37. The van der Waals surface area contributed by atoms with Gasteiger partial charge in [-0.05, 0) is 19.1 Å². The van der Waals surface area contributed by atoms with E-state index in [1.165, 1.54) is 6.07 Å². The lowest BCUT2D eigenvalue weighted by atomic mass is 10.2. The second-order valence-corrected chi connectivity index (χ2v) is 3.82. The van der Waals surface area contributed by atoms with Gasteiger partial charge < -0.3 is 14.9 Å². The minimum Gasteiger partial charge on any atom is -0.506 e. The minimum absolute atomic E-state index is 0.00665. The number of benzene rings is 1. The first-order chi connectivity index (χ1) is 8.54. The van der Waals surface area contributed by atoms with Crippen LogP contribution in [0.25, 0.3) is 0 Å². The maximum atomic E-state index is 12.9. The first kappa shape index (κ1) is 12.1. The number of nitrogens with one attached hydrogen (secondary N) is 1. The van der Waals surface area contributed by atoms with Crippen LogP contribution in [-0.2, 0) is 11.2 Å². The van der Waals surface area contributed by atoms with Crippen LogP contribution in [0.3, 0.4) is 0 Å². The van der Waals surface area contributed by atoms with E-state index in [0.717, 1.165) is 12.1 Å². The minimum atomic E-state index is -0.541.